The van der Waals surface area contributed by atoms with Gasteiger partial charge in [-0.25, -0.2) is 0 Å². The Labute approximate surface area is 110 Å². The Morgan fingerprint density at radius 2 is 2.17 bits per heavy atom. The second-order valence-electron chi connectivity index (χ2n) is 3.89. The van der Waals surface area contributed by atoms with Crippen LogP contribution in [-0.4, -0.2) is 15.8 Å². The van der Waals surface area contributed by atoms with Gasteiger partial charge in [-0.05, 0) is 24.5 Å². The summed E-state index contributed by atoms with van der Waals surface area (Å²) >= 11 is 1.28. The van der Waals surface area contributed by atoms with E-state index in [2.05, 4.69) is 0 Å². The van der Waals surface area contributed by atoms with Gasteiger partial charge in [0.15, 0.2) is 5.12 Å². The normalized spacial score (nSPS) is 10.8. The van der Waals surface area contributed by atoms with E-state index in [1.165, 1.54) is 18.7 Å². The fourth-order valence-corrected chi connectivity index (χ4v) is 2.03. The topological polar surface area (TPSA) is 60.2 Å². The van der Waals surface area contributed by atoms with Crippen molar-refractivity contribution >= 4 is 28.6 Å². The van der Waals surface area contributed by atoms with Crippen molar-refractivity contribution in [3.63, 3.8) is 0 Å². The lowest BCUT2D eigenvalue weighted by atomic mass is 10.1. The maximum absolute atomic E-state index is 10.7. The molecule has 0 saturated heterocycles. The highest BCUT2D eigenvalue weighted by atomic mass is 32.2. The highest BCUT2D eigenvalue weighted by Gasteiger charge is 2.06. The molecule has 0 aromatic heterocycles. The lowest BCUT2D eigenvalue weighted by molar-refractivity contribution is -0.384. The van der Waals surface area contributed by atoms with Crippen LogP contribution < -0.4 is 0 Å². The highest BCUT2D eigenvalue weighted by Crippen LogP contribution is 2.18. The fraction of sp³-hybridized carbons (Fsp3) is 0.308. The number of hydrogen-bond acceptors (Lipinski definition) is 4. The van der Waals surface area contributed by atoms with Crippen LogP contribution in [0.5, 0.6) is 0 Å². The third-order valence-corrected chi connectivity index (χ3v) is 3.04. The Hall–Kier alpha value is -1.62. The van der Waals surface area contributed by atoms with Crippen LogP contribution in [0.15, 0.2) is 24.3 Å². The van der Waals surface area contributed by atoms with Crippen molar-refractivity contribution in [3.05, 3.63) is 45.5 Å². The number of nitro groups is 1. The minimum atomic E-state index is -0.393. The van der Waals surface area contributed by atoms with Gasteiger partial charge in [0.05, 0.1) is 4.92 Å². The van der Waals surface area contributed by atoms with E-state index in [4.69, 9.17) is 0 Å². The smallest absolute Gasteiger partial charge is 0.270 e. The number of benzene rings is 1. The van der Waals surface area contributed by atoms with Gasteiger partial charge in [-0.1, -0.05) is 30.0 Å². The molecule has 0 aliphatic heterocycles. The average molecular weight is 265 g/mol. The van der Waals surface area contributed by atoms with Crippen LogP contribution in [-0.2, 0) is 4.79 Å². The summed E-state index contributed by atoms with van der Waals surface area (Å²) in [6.45, 7) is 3.37. The van der Waals surface area contributed by atoms with Crippen molar-refractivity contribution in [2.24, 2.45) is 0 Å². The minimum absolute atomic E-state index is 0.104. The Morgan fingerprint density at radius 1 is 1.44 bits per heavy atom. The van der Waals surface area contributed by atoms with Gasteiger partial charge in [-0.3, -0.25) is 14.9 Å². The summed E-state index contributed by atoms with van der Waals surface area (Å²) in [6, 6.07) is 4.98. The van der Waals surface area contributed by atoms with E-state index in [9.17, 15) is 14.9 Å². The van der Waals surface area contributed by atoms with Crippen LogP contribution in [0.25, 0.3) is 6.08 Å². The van der Waals surface area contributed by atoms with E-state index in [0.717, 1.165) is 23.3 Å². The molecule has 0 atom stereocenters. The minimum Gasteiger partial charge on any atom is -0.288 e. The molecule has 0 fully saturated rings. The predicted octanol–water partition coefficient (Wildman–Crippen LogP) is 3.59. The van der Waals surface area contributed by atoms with Gasteiger partial charge in [0, 0.05) is 24.8 Å². The Kier molecular flexibility index (Phi) is 5.58. The maximum atomic E-state index is 10.7. The van der Waals surface area contributed by atoms with Gasteiger partial charge < -0.3 is 0 Å². The van der Waals surface area contributed by atoms with Gasteiger partial charge >= 0.3 is 0 Å². The number of carbonyl (C=O) groups excluding carboxylic acids is 1. The van der Waals surface area contributed by atoms with E-state index in [0.29, 0.717) is 0 Å². The van der Waals surface area contributed by atoms with Crippen LogP contribution in [0.2, 0.25) is 0 Å². The summed E-state index contributed by atoms with van der Waals surface area (Å²) in [4.78, 5) is 21.0. The van der Waals surface area contributed by atoms with Gasteiger partial charge in [-0.2, -0.15) is 0 Å². The zero-order valence-corrected chi connectivity index (χ0v) is 11.2. The zero-order chi connectivity index (χ0) is 13.5. The standard InChI is InChI=1S/C13H15NO3S/c1-10-7-12(9-13(8-10)14(16)17)5-3-4-6-18-11(2)15/h3,5,7-9H,4,6H2,1-2H3. The summed E-state index contributed by atoms with van der Waals surface area (Å²) in [5.41, 5.74) is 1.78. The van der Waals surface area contributed by atoms with E-state index in [1.807, 2.05) is 25.1 Å². The van der Waals surface area contributed by atoms with Crippen LogP contribution in [0, 0.1) is 17.0 Å². The Balaban J connectivity index is 2.64. The van der Waals surface area contributed by atoms with E-state index in [-0.39, 0.29) is 10.8 Å². The summed E-state index contributed by atoms with van der Waals surface area (Å²) in [7, 11) is 0. The number of carbonyl (C=O) groups is 1. The van der Waals surface area contributed by atoms with Crippen LogP contribution in [0.1, 0.15) is 24.5 Å². The molecule has 0 saturated carbocycles. The average Bonchev–Trinajstić information content (AvgIpc) is 2.27. The SMILES string of the molecule is CC(=O)SCCC=Cc1cc(C)cc([N+](=O)[O-])c1. The number of non-ortho nitro benzene ring substituents is 1. The molecule has 1 rings (SSSR count). The number of allylic oxidation sites excluding steroid dienone is 1. The van der Waals surface area contributed by atoms with Crippen molar-refractivity contribution in [1.82, 2.24) is 0 Å². The molecule has 5 heteroatoms. The van der Waals surface area contributed by atoms with E-state index < -0.39 is 4.92 Å². The summed E-state index contributed by atoms with van der Waals surface area (Å²) < 4.78 is 0. The Morgan fingerprint density at radius 3 is 2.78 bits per heavy atom. The van der Waals surface area contributed by atoms with Gasteiger partial charge in [-0.15, -0.1) is 0 Å². The number of aryl methyl sites for hydroxylation is 1. The molecule has 1 aromatic carbocycles. The summed E-state index contributed by atoms with van der Waals surface area (Å²) in [5.74, 6) is 0.736. The number of hydrogen-bond donors (Lipinski definition) is 0. The van der Waals surface area contributed by atoms with Crippen molar-refractivity contribution < 1.29 is 9.72 Å². The van der Waals surface area contributed by atoms with Crippen LogP contribution >= 0.6 is 11.8 Å². The quantitative estimate of drug-likeness (QED) is 0.464. The number of thioether (sulfide) groups is 1. The summed E-state index contributed by atoms with van der Waals surface area (Å²) in [5, 5.41) is 10.8. The molecule has 0 aliphatic carbocycles. The third-order valence-electron chi connectivity index (χ3n) is 2.20. The summed E-state index contributed by atoms with van der Waals surface area (Å²) in [6.07, 6.45) is 4.54. The molecule has 0 radical (unpaired) electrons. The molecule has 0 amide bonds. The molecule has 0 aliphatic rings. The first kappa shape index (κ1) is 14.4. The lowest BCUT2D eigenvalue weighted by Crippen LogP contribution is -1.89. The fourth-order valence-electron chi connectivity index (χ4n) is 1.48. The molecular formula is C13H15NO3S. The van der Waals surface area contributed by atoms with Crippen LogP contribution in [0.3, 0.4) is 0 Å². The molecule has 96 valence electrons. The molecule has 1 aromatic rings. The molecule has 0 N–H and O–H groups in total. The number of nitrogens with zero attached hydrogens (tertiary/aromatic N) is 1. The predicted molar refractivity (Wildman–Crippen MR) is 74.6 cm³/mol. The molecule has 18 heavy (non-hydrogen) atoms. The second-order valence-corrected chi connectivity index (χ2v) is 5.16. The van der Waals surface area contributed by atoms with E-state index >= 15 is 0 Å². The van der Waals surface area contributed by atoms with Gasteiger partial charge in [0.2, 0.25) is 0 Å². The lowest BCUT2D eigenvalue weighted by Gasteiger charge is -1.98. The third kappa shape index (κ3) is 5.14. The van der Waals surface area contributed by atoms with Gasteiger partial charge in [0.1, 0.15) is 0 Å². The molecule has 0 bridgehead atoms. The maximum Gasteiger partial charge on any atom is 0.270 e. The number of rotatable bonds is 5. The molecule has 4 nitrogen and oxygen atoms in total. The second kappa shape index (κ2) is 6.96. The monoisotopic (exact) mass is 265 g/mol. The largest absolute Gasteiger partial charge is 0.288 e. The first-order valence-electron chi connectivity index (χ1n) is 5.55. The van der Waals surface area contributed by atoms with Crippen LogP contribution in [0.4, 0.5) is 5.69 Å². The molecule has 0 spiro atoms. The van der Waals surface area contributed by atoms with Gasteiger partial charge in [0.25, 0.3) is 5.69 Å². The van der Waals surface area contributed by atoms with Crippen molar-refractivity contribution in [3.8, 4) is 0 Å². The van der Waals surface area contributed by atoms with Crippen molar-refractivity contribution in [2.75, 3.05) is 5.75 Å². The zero-order valence-electron chi connectivity index (χ0n) is 10.4. The Bertz CT molecular complexity index is 483. The van der Waals surface area contributed by atoms with Crippen molar-refractivity contribution in [2.45, 2.75) is 20.3 Å². The van der Waals surface area contributed by atoms with E-state index in [1.54, 1.807) is 12.1 Å². The van der Waals surface area contributed by atoms with Crippen molar-refractivity contribution in [1.29, 1.82) is 0 Å². The first-order chi connectivity index (χ1) is 8.49. The molecule has 0 heterocycles. The molecule has 0 unspecified atom stereocenters. The molecular weight excluding hydrogens is 250 g/mol. The number of nitro benzene ring substituents is 1. The highest BCUT2D eigenvalue weighted by molar-refractivity contribution is 8.13. The first-order valence-corrected chi connectivity index (χ1v) is 6.53.